The molecule has 2 N–H and O–H groups in total. The molecule has 6 nitrogen and oxygen atoms in total. The minimum absolute atomic E-state index is 0.0732. The van der Waals surface area contributed by atoms with Crippen molar-refractivity contribution >= 4 is 27.3 Å². The summed E-state index contributed by atoms with van der Waals surface area (Å²) in [7, 11) is 0. The Hall–Kier alpha value is -1.96. The zero-order valence-electron chi connectivity index (χ0n) is 15.3. The third-order valence-electron chi connectivity index (χ3n) is 5.05. The summed E-state index contributed by atoms with van der Waals surface area (Å²) in [5, 5.41) is 18.2. The molecule has 0 aliphatic carbocycles. The van der Waals surface area contributed by atoms with Gasteiger partial charge in [0.15, 0.2) is 0 Å². The molecule has 144 valence electrons. The number of nitro benzene ring substituents is 1. The zero-order chi connectivity index (χ0) is 19.3. The van der Waals surface area contributed by atoms with Crippen molar-refractivity contribution in [3.8, 4) is 0 Å². The summed E-state index contributed by atoms with van der Waals surface area (Å²) in [5.74, 6) is 0. The minimum Gasteiger partial charge on any atom is -0.382 e. The fraction of sp³-hybridized carbons (Fsp3) is 0.400. The molecule has 0 spiro atoms. The maximum Gasteiger partial charge on any atom is 0.270 e. The van der Waals surface area contributed by atoms with Crippen LogP contribution in [0, 0.1) is 10.1 Å². The van der Waals surface area contributed by atoms with Crippen LogP contribution in [0.4, 0.5) is 11.4 Å². The number of nitrogens with one attached hydrogen (secondary N) is 2. The van der Waals surface area contributed by atoms with Crippen molar-refractivity contribution in [2.24, 2.45) is 0 Å². The van der Waals surface area contributed by atoms with Crippen LogP contribution in [0.3, 0.4) is 0 Å². The van der Waals surface area contributed by atoms with Gasteiger partial charge in [-0.05, 0) is 47.3 Å². The van der Waals surface area contributed by atoms with Crippen LogP contribution in [0.5, 0.6) is 0 Å². The van der Waals surface area contributed by atoms with E-state index in [2.05, 4.69) is 57.8 Å². The van der Waals surface area contributed by atoms with Crippen LogP contribution < -0.4 is 10.6 Å². The smallest absolute Gasteiger partial charge is 0.270 e. The molecule has 1 heterocycles. The second-order valence-electron chi connectivity index (χ2n) is 6.94. The summed E-state index contributed by atoms with van der Waals surface area (Å²) < 4.78 is 6.27. The van der Waals surface area contributed by atoms with Gasteiger partial charge in [0.05, 0.1) is 4.92 Å². The molecule has 7 heteroatoms. The van der Waals surface area contributed by atoms with E-state index in [0.717, 1.165) is 31.7 Å². The van der Waals surface area contributed by atoms with Crippen molar-refractivity contribution in [1.29, 1.82) is 0 Å². The monoisotopic (exact) mass is 433 g/mol. The number of ether oxygens (including phenoxy) is 1. The van der Waals surface area contributed by atoms with Crippen molar-refractivity contribution in [3.63, 3.8) is 0 Å². The highest BCUT2D eigenvalue weighted by Crippen LogP contribution is 2.30. The first-order valence-electron chi connectivity index (χ1n) is 9.07. The molecular weight excluding hydrogens is 410 g/mol. The second-order valence-corrected chi connectivity index (χ2v) is 7.80. The van der Waals surface area contributed by atoms with E-state index in [4.69, 9.17) is 4.74 Å². The van der Waals surface area contributed by atoms with E-state index < -0.39 is 4.92 Å². The van der Waals surface area contributed by atoms with Crippen molar-refractivity contribution < 1.29 is 9.66 Å². The summed E-state index contributed by atoms with van der Waals surface area (Å²) in [6.07, 6.45) is 1.81. The average Bonchev–Trinajstić information content (AvgIpc) is 2.68. The Bertz CT molecular complexity index is 779. The molecule has 1 unspecified atom stereocenters. The summed E-state index contributed by atoms with van der Waals surface area (Å²) in [4.78, 5) is 10.5. The SMILES string of the molecule is CC(NC1(CNc2ccc([N+](=O)[O-])cc2Br)CCOCC1)c1ccccc1. The number of benzene rings is 2. The van der Waals surface area contributed by atoms with Gasteiger partial charge in [0.25, 0.3) is 5.69 Å². The molecule has 1 saturated heterocycles. The number of rotatable bonds is 7. The maximum absolute atomic E-state index is 10.9. The lowest BCUT2D eigenvalue weighted by molar-refractivity contribution is -0.384. The Morgan fingerprint density at radius 3 is 2.56 bits per heavy atom. The van der Waals surface area contributed by atoms with E-state index in [9.17, 15) is 10.1 Å². The molecule has 2 aromatic carbocycles. The quantitative estimate of drug-likeness (QED) is 0.489. The lowest BCUT2D eigenvalue weighted by atomic mass is 9.88. The van der Waals surface area contributed by atoms with Gasteiger partial charge in [-0.25, -0.2) is 0 Å². The van der Waals surface area contributed by atoms with Crippen LogP contribution in [-0.4, -0.2) is 30.2 Å². The Balaban J connectivity index is 1.72. The van der Waals surface area contributed by atoms with Crippen molar-refractivity contribution in [2.75, 3.05) is 25.1 Å². The number of non-ortho nitro benzene ring substituents is 1. The molecule has 1 fully saturated rings. The molecule has 0 amide bonds. The zero-order valence-corrected chi connectivity index (χ0v) is 16.9. The Morgan fingerprint density at radius 2 is 1.93 bits per heavy atom. The predicted molar refractivity (Wildman–Crippen MR) is 110 cm³/mol. The Labute approximate surface area is 167 Å². The largest absolute Gasteiger partial charge is 0.382 e. The molecular formula is C20H24BrN3O3. The lowest BCUT2D eigenvalue weighted by Crippen LogP contribution is -2.54. The van der Waals surface area contributed by atoms with E-state index in [0.29, 0.717) is 11.0 Å². The number of hydrogen-bond donors (Lipinski definition) is 2. The topological polar surface area (TPSA) is 76.4 Å². The van der Waals surface area contributed by atoms with E-state index in [1.54, 1.807) is 6.07 Å². The normalized spacial score (nSPS) is 17.3. The van der Waals surface area contributed by atoms with Gasteiger partial charge in [-0.15, -0.1) is 0 Å². The molecule has 0 bridgehead atoms. The number of nitrogens with zero attached hydrogens (tertiary/aromatic N) is 1. The average molecular weight is 434 g/mol. The molecule has 0 aromatic heterocycles. The molecule has 1 aliphatic heterocycles. The standard InChI is InChI=1S/C20H24BrN3O3/c1-15(16-5-3-2-4-6-16)23-20(9-11-27-12-10-20)14-22-19-8-7-17(24(25)26)13-18(19)21/h2-8,13,15,22-23H,9-12,14H2,1H3. The van der Waals surface area contributed by atoms with Crippen LogP contribution in [0.2, 0.25) is 0 Å². The predicted octanol–water partition coefficient (Wildman–Crippen LogP) is 4.67. The number of halogens is 1. The van der Waals surface area contributed by atoms with Gasteiger partial charge in [-0.2, -0.15) is 0 Å². The summed E-state index contributed by atoms with van der Waals surface area (Å²) in [6.45, 7) is 4.33. The van der Waals surface area contributed by atoms with Gasteiger partial charge >= 0.3 is 0 Å². The maximum atomic E-state index is 10.9. The van der Waals surface area contributed by atoms with Gasteiger partial charge in [0, 0.05) is 53.6 Å². The first-order chi connectivity index (χ1) is 13.0. The van der Waals surface area contributed by atoms with Gasteiger partial charge < -0.3 is 15.4 Å². The molecule has 3 rings (SSSR count). The van der Waals surface area contributed by atoms with E-state index in [-0.39, 0.29) is 17.3 Å². The Morgan fingerprint density at radius 1 is 1.22 bits per heavy atom. The third-order valence-corrected chi connectivity index (χ3v) is 5.71. The number of hydrogen-bond acceptors (Lipinski definition) is 5. The number of nitro groups is 1. The van der Waals surface area contributed by atoms with Crippen LogP contribution >= 0.6 is 15.9 Å². The summed E-state index contributed by atoms with van der Waals surface area (Å²) in [6, 6.07) is 15.4. The van der Waals surface area contributed by atoms with E-state index in [1.807, 2.05) is 6.07 Å². The van der Waals surface area contributed by atoms with Crippen molar-refractivity contribution in [1.82, 2.24) is 5.32 Å². The van der Waals surface area contributed by atoms with Crippen molar-refractivity contribution in [2.45, 2.75) is 31.3 Å². The van der Waals surface area contributed by atoms with Crippen LogP contribution in [0.1, 0.15) is 31.4 Å². The molecule has 2 aromatic rings. The summed E-state index contributed by atoms with van der Waals surface area (Å²) in [5.41, 5.74) is 2.07. The highest BCUT2D eigenvalue weighted by atomic mass is 79.9. The highest BCUT2D eigenvalue weighted by molar-refractivity contribution is 9.10. The van der Waals surface area contributed by atoms with Gasteiger partial charge in [0.1, 0.15) is 0 Å². The molecule has 27 heavy (non-hydrogen) atoms. The van der Waals surface area contributed by atoms with E-state index in [1.165, 1.54) is 17.7 Å². The summed E-state index contributed by atoms with van der Waals surface area (Å²) >= 11 is 3.43. The van der Waals surface area contributed by atoms with Crippen LogP contribution in [-0.2, 0) is 4.74 Å². The fourth-order valence-electron chi connectivity index (χ4n) is 3.44. The molecule has 0 radical (unpaired) electrons. The van der Waals surface area contributed by atoms with Crippen LogP contribution in [0.25, 0.3) is 0 Å². The first kappa shape index (κ1) is 19.8. The van der Waals surface area contributed by atoms with Crippen LogP contribution in [0.15, 0.2) is 53.0 Å². The lowest BCUT2D eigenvalue weighted by Gasteiger charge is -2.41. The second kappa shape index (κ2) is 8.82. The first-order valence-corrected chi connectivity index (χ1v) is 9.87. The fourth-order valence-corrected chi connectivity index (χ4v) is 3.95. The Kier molecular flexibility index (Phi) is 6.46. The highest BCUT2D eigenvalue weighted by Gasteiger charge is 2.34. The third kappa shape index (κ3) is 5.06. The molecule has 1 aliphatic rings. The van der Waals surface area contributed by atoms with Gasteiger partial charge in [-0.1, -0.05) is 30.3 Å². The van der Waals surface area contributed by atoms with E-state index >= 15 is 0 Å². The van der Waals surface area contributed by atoms with Gasteiger partial charge in [-0.3, -0.25) is 10.1 Å². The van der Waals surface area contributed by atoms with Gasteiger partial charge in [0.2, 0.25) is 0 Å². The minimum atomic E-state index is -0.391. The number of anilines is 1. The van der Waals surface area contributed by atoms with Crippen molar-refractivity contribution in [3.05, 3.63) is 68.7 Å². The molecule has 1 atom stereocenters. The molecule has 0 saturated carbocycles.